The van der Waals surface area contributed by atoms with E-state index in [1.54, 1.807) is 37.5 Å². The van der Waals surface area contributed by atoms with Gasteiger partial charge in [-0.2, -0.15) is 5.26 Å². The number of rotatable bonds is 4. The molecule has 2 atom stereocenters. The highest BCUT2D eigenvalue weighted by Gasteiger charge is 2.33. The van der Waals surface area contributed by atoms with Crippen molar-refractivity contribution in [1.29, 1.82) is 5.26 Å². The lowest BCUT2D eigenvalue weighted by atomic mass is 9.90. The number of piperidine rings is 1. The van der Waals surface area contributed by atoms with Gasteiger partial charge in [-0.15, -0.1) is 0 Å². The normalized spacial score (nSPS) is 17.3. The highest BCUT2D eigenvalue weighted by Crippen LogP contribution is 2.41. The van der Waals surface area contributed by atoms with Crippen LogP contribution in [0.4, 0.5) is 14.5 Å². The number of pyridine rings is 1. The van der Waals surface area contributed by atoms with Gasteiger partial charge in [-0.25, -0.2) is 8.78 Å². The van der Waals surface area contributed by atoms with Crippen molar-refractivity contribution in [2.45, 2.75) is 12.5 Å². The average Bonchev–Trinajstić information content (AvgIpc) is 2.91. The van der Waals surface area contributed by atoms with Crippen molar-refractivity contribution in [3.63, 3.8) is 0 Å². The van der Waals surface area contributed by atoms with Crippen LogP contribution in [-0.4, -0.2) is 42.2 Å². The molecule has 7 nitrogen and oxygen atoms in total. The summed E-state index contributed by atoms with van der Waals surface area (Å²) >= 11 is 0. The molecule has 0 aliphatic carbocycles. The summed E-state index contributed by atoms with van der Waals surface area (Å²) in [4.78, 5) is 19.2. The number of halogens is 2. The Kier molecular flexibility index (Phi) is 6.66. The molecular formula is C29H25F2N5O2. The summed E-state index contributed by atoms with van der Waals surface area (Å²) in [6.45, 7) is 0.808. The van der Waals surface area contributed by atoms with Gasteiger partial charge in [-0.1, -0.05) is 18.2 Å². The summed E-state index contributed by atoms with van der Waals surface area (Å²) in [5.74, 6) is -2.26. The molecule has 1 saturated heterocycles. The monoisotopic (exact) mass is 513 g/mol. The maximum absolute atomic E-state index is 14.3. The second-order valence-corrected chi connectivity index (χ2v) is 9.34. The molecule has 5 rings (SSSR count). The molecule has 3 aromatic carbocycles. The third-order valence-corrected chi connectivity index (χ3v) is 7.05. The lowest BCUT2D eigenvalue weighted by molar-refractivity contribution is -0.125. The van der Waals surface area contributed by atoms with E-state index in [1.807, 2.05) is 17.0 Å². The van der Waals surface area contributed by atoms with Crippen LogP contribution in [-0.2, 0) is 4.79 Å². The number of nitrogens with one attached hydrogen (secondary N) is 1. The third-order valence-electron chi connectivity index (χ3n) is 7.05. The fourth-order valence-corrected chi connectivity index (χ4v) is 5.11. The van der Waals surface area contributed by atoms with Gasteiger partial charge in [0.05, 0.1) is 22.7 Å². The highest BCUT2D eigenvalue weighted by atomic mass is 19.1. The minimum atomic E-state index is -0.720. The summed E-state index contributed by atoms with van der Waals surface area (Å²) in [5.41, 5.74) is 9.59. The van der Waals surface area contributed by atoms with Crippen LogP contribution in [0, 0.1) is 28.9 Å². The molecule has 192 valence electrons. The highest BCUT2D eigenvalue weighted by molar-refractivity contribution is 6.02. The number of para-hydroxylation sites is 1. The summed E-state index contributed by atoms with van der Waals surface area (Å²) < 4.78 is 28.5. The van der Waals surface area contributed by atoms with Gasteiger partial charge in [0, 0.05) is 55.0 Å². The molecule has 1 fully saturated rings. The Morgan fingerprint density at radius 1 is 1.13 bits per heavy atom. The predicted octanol–water partition coefficient (Wildman–Crippen LogP) is 4.32. The molecule has 0 spiro atoms. The molecule has 0 saturated carbocycles. The van der Waals surface area contributed by atoms with Crippen molar-refractivity contribution in [3.8, 4) is 34.1 Å². The van der Waals surface area contributed by atoms with E-state index in [-0.39, 0.29) is 23.3 Å². The second-order valence-electron chi connectivity index (χ2n) is 9.34. The molecule has 0 radical (unpaired) electrons. The number of carbonyl (C=O) groups is 1. The number of phenols is 1. The Bertz CT molecular complexity index is 1580. The number of nitriles is 1. The van der Waals surface area contributed by atoms with Crippen LogP contribution in [0.3, 0.4) is 0 Å². The number of fused-ring (bicyclic) bond motifs is 1. The number of nitrogens with two attached hydrogens (primary N) is 1. The van der Waals surface area contributed by atoms with E-state index in [4.69, 9.17) is 5.73 Å². The van der Waals surface area contributed by atoms with E-state index in [1.165, 1.54) is 18.2 Å². The van der Waals surface area contributed by atoms with E-state index in [2.05, 4.69) is 10.3 Å². The zero-order valence-corrected chi connectivity index (χ0v) is 20.6. The molecule has 1 aromatic heterocycles. The molecule has 2 heterocycles. The number of nitrogens with zero attached hydrogens (tertiary/aromatic N) is 3. The first-order valence-electron chi connectivity index (χ1n) is 12.1. The molecule has 1 amide bonds. The quantitative estimate of drug-likeness (QED) is 0.374. The van der Waals surface area contributed by atoms with Gasteiger partial charge in [0.25, 0.3) is 0 Å². The smallest absolute Gasteiger partial charge is 0.226 e. The van der Waals surface area contributed by atoms with Crippen molar-refractivity contribution in [2.75, 3.05) is 25.0 Å². The Morgan fingerprint density at radius 2 is 1.89 bits per heavy atom. The van der Waals surface area contributed by atoms with Gasteiger partial charge >= 0.3 is 0 Å². The number of carbonyl (C=O) groups excluding carboxylic acids is 1. The average molecular weight is 514 g/mol. The number of hydrogen-bond acceptors (Lipinski definition) is 6. The number of benzene rings is 3. The molecule has 1 aliphatic rings. The van der Waals surface area contributed by atoms with Crippen molar-refractivity contribution < 1.29 is 18.7 Å². The Labute approximate surface area is 218 Å². The fraction of sp³-hybridized carbons (Fsp3) is 0.207. The van der Waals surface area contributed by atoms with Crippen LogP contribution in [0.1, 0.15) is 12.0 Å². The summed E-state index contributed by atoms with van der Waals surface area (Å²) in [6, 6.07) is 15.3. The first kappa shape index (κ1) is 25.1. The first-order chi connectivity index (χ1) is 18.3. The number of phenolic OH excluding ortho intramolecular Hbond substituents is 1. The Morgan fingerprint density at radius 3 is 2.61 bits per heavy atom. The second kappa shape index (κ2) is 10.1. The molecule has 4 N–H and O–H groups in total. The number of anilines is 1. The molecule has 1 aliphatic heterocycles. The summed E-state index contributed by atoms with van der Waals surface area (Å²) in [5, 5.41) is 23.4. The zero-order valence-electron chi connectivity index (χ0n) is 20.6. The SMILES string of the molecule is CNC(=O)[C@@H]1CN(c2c(-c3cc(F)cc(F)c3)cnc3ccc(-c4cccc(C#N)c4O)cc23)CCC1N. The first-order valence-corrected chi connectivity index (χ1v) is 12.1. The van der Waals surface area contributed by atoms with E-state index < -0.39 is 17.6 Å². The lowest BCUT2D eigenvalue weighted by Gasteiger charge is -2.38. The maximum atomic E-state index is 14.3. The Hall–Kier alpha value is -4.55. The third kappa shape index (κ3) is 4.51. The number of hydrogen-bond donors (Lipinski definition) is 3. The van der Waals surface area contributed by atoms with Gasteiger partial charge in [-0.3, -0.25) is 9.78 Å². The van der Waals surface area contributed by atoms with Crippen molar-refractivity contribution in [1.82, 2.24) is 10.3 Å². The van der Waals surface area contributed by atoms with E-state index in [0.717, 1.165) is 6.07 Å². The molecule has 1 unspecified atom stereocenters. The van der Waals surface area contributed by atoms with Gasteiger partial charge in [0.1, 0.15) is 23.5 Å². The van der Waals surface area contributed by atoms with Crippen LogP contribution in [0.15, 0.2) is 60.8 Å². The van der Waals surface area contributed by atoms with E-state index >= 15 is 0 Å². The van der Waals surface area contributed by atoms with Gasteiger partial charge in [0.2, 0.25) is 5.91 Å². The summed E-state index contributed by atoms with van der Waals surface area (Å²) in [7, 11) is 1.56. The molecule has 0 bridgehead atoms. The summed E-state index contributed by atoms with van der Waals surface area (Å²) in [6.07, 6.45) is 2.10. The van der Waals surface area contributed by atoms with Crippen LogP contribution >= 0.6 is 0 Å². The maximum Gasteiger partial charge on any atom is 0.226 e. The molecule has 9 heteroatoms. The fourth-order valence-electron chi connectivity index (χ4n) is 5.11. The van der Waals surface area contributed by atoms with Crippen LogP contribution in [0.2, 0.25) is 0 Å². The molecular weight excluding hydrogens is 488 g/mol. The van der Waals surface area contributed by atoms with Gasteiger partial charge in [-0.05, 0) is 47.9 Å². The molecule has 4 aromatic rings. The number of amides is 1. The van der Waals surface area contributed by atoms with Gasteiger partial charge < -0.3 is 21.1 Å². The van der Waals surface area contributed by atoms with Gasteiger partial charge in [0.15, 0.2) is 0 Å². The number of aromatic nitrogens is 1. The number of aromatic hydroxyl groups is 1. The van der Waals surface area contributed by atoms with Crippen LogP contribution in [0.25, 0.3) is 33.2 Å². The zero-order chi connectivity index (χ0) is 27.0. The van der Waals surface area contributed by atoms with Crippen LogP contribution < -0.4 is 16.0 Å². The van der Waals surface area contributed by atoms with Crippen molar-refractivity contribution in [2.24, 2.45) is 11.7 Å². The van der Waals surface area contributed by atoms with Crippen molar-refractivity contribution in [3.05, 3.63) is 78.0 Å². The van der Waals surface area contributed by atoms with Crippen molar-refractivity contribution >= 4 is 22.5 Å². The lowest BCUT2D eigenvalue weighted by Crippen LogP contribution is -2.52. The largest absolute Gasteiger partial charge is 0.506 e. The standard InChI is InChI=1S/C29H25F2N5O2/c1-34-29(38)24-15-36(8-7-25(24)33)27-22-11-16(21-4-2-3-17(13-32)28(21)37)5-6-26(22)35-14-23(27)18-9-19(30)12-20(31)10-18/h2-6,9-12,14,24-25,37H,7-8,15,33H2,1H3,(H,34,38)/t24-,25?/m1/s1. The predicted molar refractivity (Wildman–Crippen MR) is 141 cm³/mol. The minimum absolute atomic E-state index is 0.142. The van der Waals surface area contributed by atoms with Crippen LogP contribution in [0.5, 0.6) is 5.75 Å². The van der Waals surface area contributed by atoms with E-state index in [0.29, 0.717) is 58.4 Å². The Balaban J connectivity index is 1.76. The minimum Gasteiger partial charge on any atom is -0.506 e. The molecule has 38 heavy (non-hydrogen) atoms. The topological polar surface area (TPSA) is 115 Å². The van der Waals surface area contributed by atoms with E-state index in [9.17, 15) is 23.9 Å².